The van der Waals surface area contributed by atoms with Gasteiger partial charge in [0.1, 0.15) is 43.1 Å². The second-order valence-electron chi connectivity index (χ2n) is 12.0. The van der Waals surface area contributed by atoms with Gasteiger partial charge in [-0.2, -0.15) is 22.7 Å². The van der Waals surface area contributed by atoms with E-state index in [1.54, 1.807) is 37.5 Å². The monoisotopic (exact) mass is 665 g/mol. The van der Waals surface area contributed by atoms with Crippen LogP contribution in [-0.4, -0.2) is 81.1 Å². The highest BCUT2D eigenvalue weighted by atomic mass is 19.4. The summed E-state index contributed by atoms with van der Waals surface area (Å²) in [6.07, 6.45) is -3.80. The lowest BCUT2D eigenvalue weighted by atomic mass is 10.1. The number of carbonyl (C=O) groups is 2. The molecule has 17 heteroatoms. The van der Waals surface area contributed by atoms with Crippen molar-refractivity contribution in [3.05, 3.63) is 57.2 Å². The van der Waals surface area contributed by atoms with E-state index in [1.165, 1.54) is 10.8 Å². The van der Waals surface area contributed by atoms with Crippen molar-refractivity contribution >= 4 is 34.9 Å². The highest BCUT2D eigenvalue weighted by Crippen LogP contribution is 2.34. The number of carbonyl (C=O) groups excluding carboxylic acids is 2. The molecule has 1 saturated heterocycles. The van der Waals surface area contributed by atoms with Crippen LogP contribution in [0.2, 0.25) is 0 Å². The summed E-state index contributed by atoms with van der Waals surface area (Å²) in [7, 11) is 0. The van der Waals surface area contributed by atoms with Crippen molar-refractivity contribution in [1.29, 1.82) is 0 Å². The highest BCUT2D eigenvalue weighted by molar-refractivity contribution is 5.92. The minimum atomic E-state index is -4.91. The van der Waals surface area contributed by atoms with Crippen LogP contribution in [0.1, 0.15) is 50.3 Å². The van der Waals surface area contributed by atoms with Crippen LogP contribution in [0.5, 0.6) is 0 Å². The van der Waals surface area contributed by atoms with Crippen LogP contribution in [0.3, 0.4) is 0 Å². The van der Waals surface area contributed by atoms with Crippen molar-refractivity contribution < 1.29 is 41.4 Å². The number of rotatable bonds is 6. The predicted molar refractivity (Wildman–Crippen MR) is 161 cm³/mol. The molecule has 0 aliphatic carbocycles. The van der Waals surface area contributed by atoms with Crippen molar-refractivity contribution in [3.63, 3.8) is 0 Å². The molecule has 0 saturated carbocycles. The molecule has 5 rings (SSSR count). The Balaban J connectivity index is 1.52. The van der Waals surface area contributed by atoms with E-state index in [9.17, 15) is 31.9 Å². The molecule has 0 unspecified atom stereocenters. The van der Waals surface area contributed by atoms with Gasteiger partial charge < -0.3 is 33.9 Å². The van der Waals surface area contributed by atoms with Crippen LogP contribution >= 0.6 is 0 Å². The summed E-state index contributed by atoms with van der Waals surface area (Å²) in [4.78, 5) is 47.9. The molecule has 2 aliphatic rings. The predicted octanol–water partition coefficient (Wildman–Crippen LogP) is 3.96. The molecule has 3 aromatic rings. The number of piperazine rings is 1. The summed E-state index contributed by atoms with van der Waals surface area (Å²) < 4.78 is 73.1. The van der Waals surface area contributed by atoms with Gasteiger partial charge in [-0.05, 0) is 46.2 Å². The number of nitrogens with one attached hydrogen (secondary N) is 1. The maximum absolute atomic E-state index is 14.6. The highest BCUT2D eigenvalue weighted by Gasteiger charge is 2.35. The second kappa shape index (κ2) is 12.8. The van der Waals surface area contributed by atoms with Crippen LogP contribution in [0, 0.1) is 12.7 Å². The Morgan fingerprint density at radius 2 is 1.79 bits per heavy atom. The number of benzene rings is 1. The van der Waals surface area contributed by atoms with E-state index in [-0.39, 0.29) is 73.5 Å². The molecule has 1 aromatic carbocycles. The Morgan fingerprint density at radius 1 is 1.09 bits per heavy atom. The number of nitrogens with zero attached hydrogens (tertiary/aromatic N) is 6. The lowest BCUT2D eigenvalue weighted by molar-refractivity contribution is -0.140. The number of hydrogen-bond donors (Lipinski definition) is 1. The minimum Gasteiger partial charge on any atom is -0.494 e. The lowest BCUT2D eigenvalue weighted by Crippen LogP contribution is -2.51. The summed E-state index contributed by atoms with van der Waals surface area (Å²) in [5, 5.41) is 6.84. The normalized spacial score (nSPS) is 15.6. The summed E-state index contributed by atoms with van der Waals surface area (Å²) in [5.41, 5.74) is -2.51. The number of alkyl halides is 3. The molecule has 2 aliphatic heterocycles. The van der Waals surface area contributed by atoms with Gasteiger partial charge in [-0.15, -0.1) is 5.10 Å². The smallest absolute Gasteiger partial charge is 0.419 e. The van der Waals surface area contributed by atoms with Crippen LogP contribution in [0.25, 0.3) is 11.5 Å². The first-order valence-corrected chi connectivity index (χ1v) is 15.0. The van der Waals surface area contributed by atoms with Crippen LogP contribution < -0.4 is 15.8 Å². The van der Waals surface area contributed by atoms with Crippen molar-refractivity contribution in [2.45, 2.75) is 59.4 Å². The Labute approximate surface area is 266 Å². The van der Waals surface area contributed by atoms with Crippen LogP contribution in [0.4, 0.5) is 33.7 Å². The molecule has 1 fully saturated rings. The Morgan fingerprint density at radius 3 is 2.38 bits per heavy atom. The van der Waals surface area contributed by atoms with Gasteiger partial charge in [-0.25, -0.2) is 9.18 Å². The van der Waals surface area contributed by atoms with Gasteiger partial charge in [0.25, 0.3) is 5.56 Å². The first-order valence-electron chi connectivity index (χ1n) is 15.0. The molecule has 254 valence electrons. The third kappa shape index (κ3) is 6.97. The van der Waals surface area contributed by atoms with Crippen LogP contribution in [-0.2, 0) is 38.1 Å². The van der Waals surface area contributed by atoms with E-state index in [2.05, 4.69) is 15.4 Å². The fraction of sp³-hybridized carbons (Fsp3) is 0.500. The summed E-state index contributed by atoms with van der Waals surface area (Å²) in [6, 6.07) is 1.55. The zero-order valence-corrected chi connectivity index (χ0v) is 26.5. The van der Waals surface area contributed by atoms with Gasteiger partial charge in [0.2, 0.25) is 23.3 Å². The van der Waals surface area contributed by atoms with Gasteiger partial charge in [0.15, 0.2) is 0 Å². The SMILES string of the molecule is CCc1c(N2CCN(C(=O)OC(C)(C)C)CC2)c(=O)n2nc(C3=COCCO3)nc2n1CC(=O)Nc1ccc(C(F)(F)F)c(F)c1C. The van der Waals surface area contributed by atoms with E-state index in [0.29, 0.717) is 18.4 Å². The molecule has 0 radical (unpaired) electrons. The maximum Gasteiger partial charge on any atom is 0.419 e. The van der Waals surface area contributed by atoms with Crippen molar-refractivity contribution in [3.8, 4) is 0 Å². The molecule has 2 aromatic heterocycles. The average Bonchev–Trinajstić information content (AvgIpc) is 3.46. The molecule has 1 N–H and O–H groups in total. The first-order chi connectivity index (χ1) is 22.1. The first kappa shape index (κ1) is 33.5. The Bertz CT molecular complexity index is 1790. The molecule has 13 nitrogen and oxygen atoms in total. The molecular formula is C30H35F4N7O6. The summed E-state index contributed by atoms with van der Waals surface area (Å²) >= 11 is 0. The third-order valence-electron chi connectivity index (χ3n) is 7.55. The molecule has 2 amide bonds. The fourth-order valence-electron chi connectivity index (χ4n) is 5.33. The molecule has 0 bridgehead atoms. The van der Waals surface area contributed by atoms with E-state index < -0.39 is 47.3 Å². The summed E-state index contributed by atoms with van der Waals surface area (Å²) in [5.74, 6) is -2.00. The second-order valence-corrected chi connectivity index (χ2v) is 12.0. The van der Waals surface area contributed by atoms with Gasteiger partial charge in [-0.1, -0.05) is 6.92 Å². The standard InChI is InChI=1S/C30H35F4N7O6/c1-6-20-24(38-9-11-39(12-10-38)28(44)47-29(3,4)5)26(43)41-27(36-25(37-41)21-16-45-13-14-46-21)40(20)15-22(42)35-19-8-7-18(30(32,33)34)23(31)17(19)2/h7-8,16H,6,9-15H2,1-5H3,(H,35,42). The number of ether oxygens (including phenoxy) is 3. The van der Waals surface area contributed by atoms with E-state index >= 15 is 0 Å². The van der Waals surface area contributed by atoms with Gasteiger partial charge >= 0.3 is 12.3 Å². The van der Waals surface area contributed by atoms with Crippen LogP contribution in [0.15, 0.2) is 23.2 Å². The number of hydrogen-bond acceptors (Lipinski definition) is 9. The molecule has 0 spiro atoms. The topological polar surface area (TPSA) is 133 Å². The fourth-order valence-corrected chi connectivity index (χ4v) is 5.33. The Hall–Kier alpha value is -4.83. The average molecular weight is 666 g/mol. The van der Waals surface area contributed by atoms with E-state index in [4.69, 9.17) is 14.2 Å². The van der Waals surface area contributed by atoms with Crippen molar-refractivity contribution in [1.82, 2.24) is 24.1 Å². The molecule has 0 atom stereocenters. The molecule has 4 heterocycles. The number of fused-ring (bicyclic) bond motifs is 1. The van der Waals surface area contributed by atoms with Gasteiger partial charge in [0.05, 0.1) is 11.3 Å². The lowest BCUT2D eigenvalue weighted by Gasteiger charge is -2.37. The number of amides is 2. The van der Waals surface area contributed by atoms with Gasteiger partial charge in [-0.3, -0.25) is 9.59 Å². The number of aromatic nitrogens is 4. The zero-order chi connectivity index (χ0) is 34.3. The van der Waals surface area contributed by atoms with Crippen molar-refractivity contribution in [2.24, 2.45) is 0 Å². The Kier molecular flexibility index (Phi) is 9.10. The minimum absolute atomic E-state index is 0.00136. The van der Waals surface area contributed by atoms with E-state index in [0.717, 1.165) is 17.5 Å². The largest absolute Gasteiger partial charge is 0.494 e. The van der Waals surface area contributed by atoms with Gasteiger partial charge in [0, 0.05) is 37.4 Å². The molecule has 47 heavy (non-hydrogen) atoms. The van der Waals surface area contributed by atoms with E-state index in [1.807, 2.05) is 0 Å². The van der Waals surface area contributed by atoms with Crippen molar-refractivity contribution in [2.75, 3.05) is 49.6 Å². The maximum atomic E-state index is 14.6. The number of halogens is 4. The zero-order valence-electron chi connectivity index (χ0n) is 26.5. The summed E-state index contributed by atoms with van der Waals surface area (Å²) in [6.45, 7) is 9.37. The quantitative estimate of drug-likeness (QED) is 0.389. The number of anilines is 2. The molecular weight excluding hydrogens is 630 g/mol. The third-order valence-corrected chi connectivity index (χ3v) is 7.55.